The molecule has 0 radical (unpaired) electrons. The molecule has 0 N–H and O–H groups in total. The lowest BCUT2D eigenvalue weighted by atomic mass is 10.4. The number of rotatable bonds is 1. The van der Waals surface area contributed by atoms with Crippen molar-refractivity contribution in [3.63, 3.8) is 0 Å². The molecule has 2 heterocycles. The second kappa shape index (κ2) is 3.75. The fraction of sp³-hybridized carbons (Fsp3) is 0.250. The number of nitrogens with zero attached hydrogens (tertiary/aromatic N) is 5. The van der Waals surface area contributed by atoms with Crippen LogP contribution >= 0.6 is 23.2 Å². The fourth-order valence-electron chi connectivity index (χ4n) is 1.13. The molecule has 0 amide bonds. The SMILES string of the molecule is Cc1nnc(-c2cc(Cl)nc(Cl)n2)n1C. The summed E-state index contributed by atoms with van der Waals surface area (Å²) in [5, 5.41) is 8.27. The second-order valence-corrected chi connectivity index (χ2v) is 3.70. The molecule has 78 valence electrons. The molecule has 2 aromatic rings. The Balaban J connectivity index is 2.58. The largest absolute Gasteiger partial charge is 0.313 e. The van der Waals surface area contributed by atoms with Crippen LogP contribution < -0.4 is 0 Å². The molecule has 7 heteroatoms. The van der Waals surface area contributed by atoms with Gasteiger partial charge in [-0.1, -0.05) is 11.6 Å². The number of aromatic nitrogens is 5. The van der Waals surface area contributed by atoms with E-state index in [1.54, 1.807) is 10.6 Å². The zero-order valence-electron chi connectivity index (χ0n) is 8.07. The van der Waals surface area contributed by atoms with Crippen LogP contribution in [0, 0.1) is 6.92 Å². The predicted molar refractivity (Wildman–Crippen MR) is 56.8 cm³/mol. The molecule has 0 aliphatic heterocycles. The first kappa shape index (κ1) is 10.3. The normalized spacial score (nSPS) is 10.7. The fourth-order valence-corrected chi connectivity index (χ4v) is 1.54. The summed E-state index contributed by atoms with van der Waals surface area (Å²) in [6.45, 7) is 1.85. The highest BCUT2D eigenvalue weighted by Crippen LogP contribution is 2.19. The molecule has 0 unspecified atom stereocenters. The molecule has 2 rings (SSSR count). The Morgan fingerprint density at radius 2 is 1.93 bits per heavy atom. The van der Waals surface area contributed by atoms with Crippen LogP contribution in [0.5, 0.6) is 0 Å². The highest BCUT2D eigenvalue weighted by atomic mass is 35.5. The van der Waals surface area contributed by atoms with E-state index in [0.717, 1.165) is 5.82 Å². The Morgan fingerprint density at radius 1 is 1.20 bits per heavy atom. The van der Waals surface area contributed by atoms with E-state index in [4.69, 9.17) is 23.2 Å². The molecule has 2 aromatic heterocycles. The molecule has 0 spiro atoms. The lowest BCUT2D eigenvalue weighted by Crippen LogP contribution is -1.97. The highest BCUT2D eigenvalue weighted by Gasteiger charge is 2.11. The minimum atomic E-state index is 0.0955. The molecule has 5 nitrogen and oxygen atoms in total. The monoisotopic (exact) mass is 243 g/mol. The van der Waals surface area contributed by atoms with Crippen molar-refractivity contribution in [1.82, 2.24) is 24.7 Å². The van der Waals surface area contributed by atoms with Crippen LogP contribution in [0.3, 0.4) is 0 Å². The maximum atomic E-state index is 5.77. The van der Waals surface area contributed by atoms with Crippen molar-refractivity contribution in [2.75, 3.05) is 0 Å². The maximum Gasteiger partial charge on any atom is 0.224 e. The first-order chi connectivity index (χ1) is 7.08. The van der Waals surface area contributed by atoms with Crippen LogP contribution in [-0.2, 0) is 7.05 Å². The summed E-state index contributed by atoms with van der Waals surface area (Å²) in [6, 6.07) is 1.59. The van der Waals surface area contributed by atoms with E-state index in [-0.39, 0.29) is 10.4 Å². The standard InChI is InChI=1S/C8H7Cl2N5/c1-4-13-14-7(15(4)2)5-3-6(9)12-8(10)11-5/h3H,1-2H3. The predicted octanol–water partition coefficient (Wildman–Crippen LogP) is 1.89. The maximum absolute atomic E-state index is 5.77. The summed E-state index contributed by atoms with van der Waals surface area (Å²) in [5.41, 5.74) is 0.558. The zero-order chi connectivity index (χ0) is 11.0. The van der Waals surface area contributed by atoms with E-state index in [1.807, 2.05) is 14.0 Å². The van der Waals surface area contributed by atoms with Gasteiger partial charge in [0.2, 0.25) is 5.28 Å². The summed E-state index contributed by atoms with van der Waals surface area (Å²) in [7, 11) is 1.84. The van der Waals surface area contributed by atoms with Gasteiger partial charge in [0.25, 0.3) is 0 Å². The van der Waals surface area contributed by atoms with E-state index in [1.165, 1.54) is 0 Å². The molecule has 0 saturated heterocycles. The van der Waals surface area contributed by atoms with Gasteiger partial charge < -0.3 is 4.57 Å². The number of hydrogen-bond acceptors (Lipinski definition) is 4. The number of hydrogen-bond donors (Lipinski definition) is 0. The molecule has 0 aromatic carbocycles. The van der Waals surface area contributed by atoms with Crippen LogP contribution in [0.2, 0.25) is 10.4 Å². The van der Waals surface area contributed by atoms with Crippen molar-refractivity contribution in [3.05, 3.63) is 22.3 Å². The van der Waals surface area contributed by atoms with Crippen molar-refractivity contribution in [3.8, 4) is 11.5 Å². The van der Waals surface area contributed by atoms with Crippen molar-refractivity contribution < 1.29 is 0 Å². The van der Waals surface area contributed by atoms with Crippen LogP contribution in [0.1, 0.15) is 5.82 Å². The number of aryl methyl sites for hydroxylation is 1. The van der Waals surface area contributed by atoms with Gasteiger partial charge in [-0.15, -0.1) is 10.2 Å². The van der Waals surface area contributed by atoms with Crippen molar-refractivity contribution >= 4 is 23.2 Å². The average molecular weight is 244 g/mol. The minimum absolute atomic E-state index is 0.0955. The Hall–Kier alpha value is -1.20. The summed E-state index contributed by atoms with van der Waals surface area (Å²) >= 11 is 11.5. The third kappa shape index (κ3) is 1.93. The molecule has 0 fully saturated rings. The molecule has 0 atom stereocenters. The smallest absolute Gasteiger partial charge is 0.224 e. The molecular formula is C8H7Cl2N5. The van der Waals surface area contributed by atoms with Gasteiger partial charge in [-0.2, -0.15) is 0 Å². The first-order valence-electron chi connectivity index (χ1n) is 4.14. The second-order valence-electron chi connectivity index (χ2n) is 2.97. The van der Waals surface area contributed by atoms with Gasteiger partial charge in [-0.3, -0.25) is 0 Å². The van der Waals surface area contributed by atoms with E-state index < -0.39 is 0 Å². The van der Waals surface area contributed by atoms with E-state index in [0.29, 0.717) is 11.5 Å². The zero-order valence-corrected chi connectivity index (χ0v) is 9.58. The topological polar surface area (TPSA) is 56.5 Å². The van der Waals surface area contributed by atoms with Crippen LogP contribution in [0.25, 0.3) is 11.5 Å². The molecular weight excluding hydrogens is 237 g/mol. The van der Waals surface area contributed by atoms with Crippen molar-refractivity contribution in [2.45, 2.75) is 6.92 Å². The molecule has 15 heavy (non-hydrogen) atoms. The van der Waals surface area contributed by atoms with Crippen LogP contribution in [0.4, 0.5) is 0 Å². The minimum Gasteiger partial charge on any atom is -0.313 e. The molecule has 0 aliphatic carbocycles. The van der Waals surface area contributed by atoms with Gasteiger partial charge >= 0.3 is 0 Å². The third-order valence-corrected chi connectivity index (χ3v) is 2.35. The van der Waals surface area contributed by atoms with Crippen LogP contribution in [0.15, 0.2) is 6.07 Å². The lowest BCUT2D eigenvalue weighted by Gasteiger charge is -2.01. The van der Waals surface area contributed by atoms with E-state index in [2.05, 4.69) is 20.2 Å². The Morgan fingerprint density at radius 3 is 2.47 bits per heavy atom. The summed E-state index contributed by atoms with van der Waals surface area (Å²) in [4.78, 5) is 7.78. The Kier molecular flexibility index (Phi) is 2.58. The third-order valence-electron chi connectivity index (χ3n) is 1.99. The summed E-state index contributed by atoms with van der Waals surface area (Å²) in [5.74, 6) is 1.40. The summed E-state index contributed by atoms with van der Waals surface area (Å²) < 4.78 is 1.80. The highest BCUT2D eigenvalue weighted by molar-refractivity contribution is 6.32. The quantitative estimate of drug-likeness (QED) is 0.567. The Bertz CT molecular complexity index is 487. The van der Waals surface area contributed by atoms with Gasteiger partial charge in [-0.05, 0) is 18.5 Å². The molecule has 0 bridgehead atoms. The van der Waals surface area contributed by atoms with Crippen LogP contribution in [-0.4, -0.2) is 24.7 Å². The lowest BCUT2D eigenvalue weighted by molar-refractivity contribution is 0.861. The van der Waals surface area contributed by atoms with E-state index >= 15 is 0 Å². The van der Waals surface area contributed by atoms with Crippen molar-refractivity contribution in [1.29, 1.82) is 0 Å². The molecule has 0 aliphatic rings. The first-order valence-corrected chi connectivity index (χ1v) is 4.90. The van der Waals surface area contributed by atoms with E-state index in [9.17, 15) is 0 Å². The summed E-state index contributed by atoms with van der Waals surface area (Å²) in [6.07, 6.45) is 0. The van der Waals surface area contributed by atoms with Gasteiger partial charge in [-0.25, -0.2) is 9.97 Å². The average Bonchev–Trinajstić information content (AvgIpc) is 2.46. The van der Waals surface area contributed by atoms with Gasteiger partial charge in [0.05, 0.1) is 0 Å². The van der Waals surface area contributed by atoms with Gasteiger partial charge in [0.15, 0.2) is 5.82 Å². The molecule has 0 saturated carbocycles. The van der Waals surface area contributed by atoms with Gasteiger partial charge in [0, 0.05) is 13.1 Å². The van der Waals surface area contributed by atoms with Gasteiger partial charge in [0.1, 0.15) is 16.7 Å². The van der Waals surface area contributed by atoms with Crippen molar-refractivity contribution in [2.24, 2.45) is 7.05 Å². The number of halogens is 2. The Labute approximate surface area is 96.1 Å².